The van der Waals surface area contributed by atoms with Crippen LogP contribution in [-0.2, 0) is 19.4 Å². The van der Waals surface area contributed by atoms with Crippen molar-refractivity contribution in [3.05, 3.63) is 139 Å². The summed E-state index contributed by atoms with van der Waals surface area (Å²) in [4.78, 5) is 34.3. The average Bonchev–Trinajstić information content (AvgIpc) is 3.65. The molecule has 0 fully saturated rings. The summed E-state index contributed by atoms with van der Waals surface area (Å²) in [6.45, 7) is 6.15. The quantitative estimate of drug-likeness (QED) is 0.242. The number of hydrogen-bond donors (Lipinski definition) is 0. The van der Waals surface area contributed by atoms with Crippen LogP contribution in [0.5, 0.6) is 0 Å². The average molecular weight is 649 g/mol. The van der Waals surface area contributed by atoms with Gasteiger partial charge in [-0.1, -0.05) is 46.3 Å². The third kappa shape index (κ3) is 4.75. The maximum Gasteiger partial charge on any atom is 0.261 e. The Morgan fingerprint density at radius 1 is 0.977 bits per heavy atom. The summed E-state index contributed by atoms with van der Waals surface area (Å²) >= 11 is 3.53. The number of benzene rings is 3. The molecule has 6 aromatic rings. The second-order valence-electron chi connectivity index (χ2n) is 11.3. The number of halogens is 1. The van der Waals surface area contributed by atoms with Crippen LogP contribution in [-0.4, -0.2) is 45.8 Å². The van der Waals surface area contributed by atoms with E-state index < -0.39 is 0 Å². The molecule has 220 valence electrons. The molecule has 3 aromatic carbocycles. The number of amides is 1. The van der Waals surface area contributed by atoms with Gasteiger partial charge in [-0.05, 0) is 80.8 Å². The summed E-state index contributed by atoms with van der Waals surface area (Å²) in [6, 6.07) is 23.4. The summed E-state index contributed by atoms with van der Waals surface area (Å²) in [7, 11) is 0. The van der Waals surface area contributed by atoms with Crippen molar-refractivity contribution in [1.82, 2.24) is 33.8 Å². The van der Waals surface area contributed by atoms with Gasteiger partial charge in [0.2, 0.25) is 0 Å². The van der Waals surface area contributed by atoms with Crippen LogP contribution < -0.4 is 5.56 Å². The van der Waals surface area contributed by atoms with Gasteiger partial charge in [0.05, 0.1) is 29.8 Å². The molecule has 0 spiro atoms. The Kier molecular flexibility index (Phi) is 7.01. The van der Waals surface area contributed by atoms with Gasteiger partial charge in [0.1, 0.15) is 17.8 Å². The Hall–Kier alpha value is -4.83. The van der Waals surface area contributed by atoms with E-state index in [1.165, 1.54) is 6.33 Å². The predicted octanol–water partition coefficient (Wildman–Crippen LogP) is 5.62. The van der Waals surface area contributed by atoms with E-state index in [1.54, 1.807) is 9.25 Å². The minimum atomic E-state index is -0.172. The Labute approximate surface area is 262 Å². The minimum absolute atomic E-state index is 0.0632. The molecule has 0 bridgehead atoms. The molecule has 4 heterocycles. The number of aromatic nitrogens is 6. The molecule has 0 unspecified atom stereocenters. The van der Waals surface area contributed by atoms with Crippen molar-refractivity contribution in [3.63, 3.8) is 0 Å². The molecule has 3 aromatic heterocycles. The molecule has 1 aliphatic rings. The lowest BCUT2D eigenvalue weighted by Gasteiger charge is -2.35. The maximum atomic E-state index is 14.5. The number of aryl methyl sites for hydroxylation is 2. The molecule has 0 aliphatic carbocycles. The van der Waals surface area contributed by atoms with Gasteiger partial charge < -0.3 is 4.90 Å². The molecule has 7 rings (SSSR count). The van der Waals surface area contributed by atoms with E-state index in [-0.39, 0.29) is 24.1 Å². The van der Waals surface area contributed by atoms with Gasteiger partial charge in [0.15, 0.2) is 0 Å². The fourth-order valence-corrected chi connectivity index (χ4v) is 6.32. The molecule has 0 N–H and O–H groups in total. The van der Waals surface area contributed by atoms with Crippen molar-refractivity contribution in [2.45, 2.75) is 46.2 Å². The van der Waals surface area contributed by atoms with Crippen LogP contribution in [0.1, 0.15) is 51.1 Å². The minimum Gasteiger partial charge on any atom is -0.330 e. The lowest BCUT2D eigenvalue weighted by Crippen LogP contribution is -2.46. The molecule has 0 radical (unpaired) electrons. The molecule has 0 saturated carbocycles. The normalized spacial score (nSPS) is 14.6. The lowest BCUT2D eigenvalue weighted by atomic mass is 9.98. The number of carbonyl (C=O) groups excluding carboxylic acids is 1. The zero-order chi connectivity index (χ0) is 30.5. The second kappa shape index (κ2) is 11.0. The third-order valence-corrected chi connectivity index (χ3v) is 9.31. The van der Waals surface area contributed by atoms with E-state index in [0.29, 0.717) is 29.6 Å². The van der Waals surface area contributed by atoms with Crippen molar-refractivity contribution in [2.24, 2.45) is 0 Å². The predicted molar refractivity (Wildman–Crippen MR) is 172 cm³/mol. The molecule has 1 aliphatic heterocycles. The fourth-order valence-electron chi connectivity index (χ4n) is 6.08. The Bertz CT molecular complexity index is 2090. The first kappa shape index (κ1) is 28.0. The van der Waals surface area contributed by atoms with Crippen LogP contribution in [0.4, 0.5) is 0 Å². The summed E-state index contributed by atoms with van der Waals surface area (Å²) in [5, 5.41) is 9.15. The Morgan fingerprint density at radius 3 is 2.43 bits per heavy atom. The fraction of sp³-hybridized carbons (Fsp3) is 0.206. The molecule has 10 heteroatoms. The highest BCUT2D eigenvalue weighted by Gasteiger charge is 2.33. The van der Waals surface area contributed by atoms with Crippen LogP contribution in [0.25, 0.3) is 17.0 Å². The Balaban J connectivity index is 1.37. The van der Waals surface area contributed by atoms with Crippen LogP contribution in [0.3, 0.4) is 0 Å². The second-order valence-corrected chi connectivity index (χ2v) is 12.2. The van der Waals surface area contributed by atoms with Crippen LogP contribution in [0, 0.1) is 13.8 Å². The Morgan fingerprint density at radius 2 is 1.73 bits per heavy atom. The van der Waals surface area contributed by atoms with E-state index in [4.69, 9.17) is 5.10 Å². The lowest BCUT2D eigenvalue weighted by molar-refractivity contribution is 0.0651. The molecule has 1 atom stereocenters. The highest BCUT2D eigenvalue weighted by Crippen LogP contribution is 2.28. The van der Waals surface area contributed by atoms with Gasteiger partial charge in [-0.25, -0.2) is 14.2 Å². The van der Waals surface area contributed by atoms with E-state index in [9.17, 15) is 9.59 Å². The smallest absolute Gasteiger partial charge is 0.261 e. The van der Waals surface area contributed by atoms with Crippen molar-refractivity contribution >= 4 is 27.5 Å². The zero-order valence-corrected chi connectivity index (χ0v) is 26.2. The van der Waals surface area contributed by atoms with Gasteiger partial charge in [-0.2, -0.15) is 10.2 Å². The highest BCUT2D eigenvalue weighted by molar-refractivity contribution is 9.10. The summed E-state index contributed by atoms with van der Waals surface area (Å²) in [5.41, 5.74) is 7.27. The first-order valence-electron chi connectivity index (χ1n) is 14.5. The van der Waals surface area contributed by atoms with Crippen LogP contribution >= 0.6 is 15.9 Å². The van der Waals surface area contributed by atoms with E-state index in [2.05, 4.69) is 38.1 Å². The molecular formula is C34H30BrN7O2. The zero-order valence-electron chi connectivity index (χ0n) is 24.6. The standard InChI is InChI=1S/C34H30BrN7O2/c1-21-15-25(9-14-30(21)35)33(43)39-19-31-29(16-22(39)2)34(44)40(27-10-12-28(13-11-27)41-23(3)36-20-38-41)32-26(18-37-42(31)32)17-24-7-5-4-6-8-24/h4-15,18,20,22H,16-17,19H2,1-3H3/t22-/m0/s1. The van der Waals surface area contributed by atoms with Crippen molar-refractivity contribution in [2.75, 3.05) is 0 Å². The van der Waals surface area contributed by atoms with Gasteiger partial charge in [0, 0.05) is 33.6 Å². The van der Waals surface area contributed by atoms with E-state index in [1.807, 2.05) is 97.0 Å². The van der Waals surface area contributed by atoms with Gasteiger partial charge in [-0.15, -0.1) is 0 Å². The van der Waals surface area contributed by atoms with E-state index >= 15 is 0 Å². The van der Waals surface area contributed by atoms with Crippen molar-refractivity contribution in [3.8, 4) is 11.4 Å². The SMILES string of the molecule is Cc1cc(C(=O)N2Cc3c(c(=O)n(-c4ccc(-n5ncnc5C)cc4)c4c(Cc5ccccc5)cnn34)C[C@@H]2C)ccc1Br. The van der Waals surface area contributed by atoms with Crippen LogP contribution in [0.15, 0.2) is 94.6 Å². The van der Waals surface area contributed by atoms with Crippen molar-refractivity contribution < 1.29 is 4.79 Å². The van der Waals surface area contributed by atoms with Crippen molar-refractivity contribution in [1.29, 1.82) is 0 Å². The van der Waals surface area contributed by atoms with Crippen LogP contribution in [0.2, 0.25) is 0 Å². The first-order chi connectivity index (χ1) is 21.3. The number of carbonyl (C=O) groups is 1. The summed E-state index contributed by atoms with van der Waals surface area (Å²) in [6.07, 6.45) is 4.40. The summed E-state index contributed by atoms with van der Waals surface area (Å²) in [5.74, 6) is 0.713. The molecule has 0 saturated heterocycles. The number of nitrogens with zero attached hydrogens (tertiary/aromatic N) is 7. The van der Waals surface area contributed by atoms with Gasteiger partial charge in [-0.3, -0.25) is 14.2 Å². The highest BCUT2D eigenvalue weighted by atomic mass is 79.9. The number of hydrogen-bond acceptors (Lipinski definition) is 5. The number of fused-ring (bicyclic) bond motifs is 3. The first-order valence-corrected chi connectivity index (χ1v) is 15.3. The largest absolute Gasteiger partial charge is 0.330 e. The topological polar surface area (TPSA) is 90.3 Å². The van der Waals surface area contributed by atoms with Gasteiger partial charge in [0.25, 0.3) is 11.5 Å². The molecule has 44 heavy (non-hydrogen) atoms. The third-order valence-electron chi connectivity index (χ3n) is 8.42. The summed E-state index contributed by atoms with van der Waals surface area (Å²) < 4.78 is 6.35. The van der Waals surface area contributed by atoms with Gasteiger partial charge >= 0.3 is 0 Å². The number of rotatable bonds is 5. The maximum absolute atomic E-state index is 14.5. The monoisotopic (exact) mass is 647 g/mol. The molecular weight excluding hydrogens is 618 g/mol. The molecule has 9 nitrogen and oxygen atoms in total. The molecule has 1 amide bonds. The van der Waals surface area contributed by atoms with E-state index in [0.717, 1.165) is 44.1 Å².